The molecule has 2 aliphatic heterocycles. The van der Waals surface area contributed by atoms with Gasteiger partial charge < -0.3 is 25.0 Å². The number of benzene rings is 2. The van der Waals surface area contributed by atoms with Crippen LogP contribution >= 0.6 is 0 Å². The van der Waals surface area contributed by atoms with Crippen LogP contribution in [0.1, 0.15) is 12.5 Å². The van der Waals surface area contributed by atoms with E-state index in [1.807, 2.05) is 12.1 Å². The van der Waals surface area contributed by atoms with Crippen LogP contribution in [-0.4, -0.2) is 31.2 Å². The Morgan fingerprint density at radius 1 is 1.11 bits per heavy atom. The molecule has 7 nitrogen and oxygen atoms in total. The van der Waals surface area contributed by atoms with Crippen molar-refractivity contribution in [3.63, 3.8) is 0 Å². The van der Waals surface area contributed by atoms with E-state index < -0.39 is 6.29 Å². The molecule has 0 fully saturated rings. The van der Waals surface area contributed by atoms with Crippen molar-refractivity contribution in [1.29, 1.82) is 0 Å². The second-order valence-corrected chi connectivity index (χ2v) is 6.49. The molecule has 0 radical (unpaired) electrons. The SMILES string of the molecule is CC(=O)N1CCc2cc(NC(=O)CNc3ccc4c(c3)OC(F)(F)O4)ccc21. The Labute approximate surface area is 159 Å². The molecule has 0 atom stereocenters. The molecule has 0 saturated heterocycles. The number of ether oxygens (including phenoxy) is 2. The minimum atomic E-state index is -3.68. The smallest absolute Gasteiger partial charge is 0.395 e. The lowest BCUT2D eigenvalue weighted by molar-refractivity contribution is -0.286. The van der Waals surface area contributed by atoms with Crippen LogP contribution in [0.15, 0.2) is 36.4 Å². The number of carbonyl (C=O) groups is 2. The first-order valence-electron chi connectivity index (χ1n) is 8.65. The number of halogens is 2. The highest BCUT2D eigenvalue weighted by Gasteiger charge is 2.43. The predicted octanol–water partition coefficient (Wildman–Crippen LogP) is 2.97. The molecule has 2 aliphatic rings. The molecule has 0 saturated carbocycles. The first-order chi connectivity index (χ1) is 13.3. The van der Waals surface area contributed by atoms with Crippen LogP contribution in [0.3, 0.4) is 0 Å². The van der Waals surface area contributed by atoms with Crippen LogP contribution in [0.4, 0.5) is 25.8 Å². The van der Waals surface area contributed by atoms with Gasteiger partial charge in [0.25, 0.3) is 0 Å². The third kappa shape index (κ3) is 3.55. The molecule has 4 rings (SSSR count). The molecule has 146 valence electrons. The van der Waals surface area contributed by atoms with Crippen LogP contribution in [0.25, 0.3) is 0 Å². The molecule has 28 heavy (non-hydrogen) atoms. The second-order valence-electron chi connectivity index (χ2n) is 6.49. The molecule has 2 heterocycles. The van der Waals surface area contributed by atoms with Gasteiger partial charge in [0.15, 0.2) is 11.5 Å². The second kappa shape index (κ2) is 6.66. The van der Waals surface area contributed by atoms with Crippen LogP contribution < -0.4 is 25.0 Å². The maximum atomic E-state index is 13.0. The van der Waals surface area contributed by atoms with Gasteiger partial charge in [-0.2, -0.15) is 0 Å². The Kier molecular flexibility index (Phi) is 4.29. The lowest BCUT2D eigenvalue weighted by atomic mass is 10.1. The lowest BCUT2D eigenvalue weighted by Gasteiger charge is -2.15. The number of fused-ring (bicyclic) bond motifs is 2. The molecule has 0 aliphatic carbocycles. The zero-order valence-corrected chi connectivity index (χ0v) is 14.9. The fourth-order valence-electron chi connectivity index (χ4n) is 3.25. The molecule has 0 unspecified atom stereocenters. The number of nitrogens with one attached hydrogen (secondary N) is 2. The maximum Gasteiger partial charge on any atom is 0.586 e. The average Bonchev–Trinajstić information content (AvgIpc) is 3.18. The fourth-order valence-corrected chi connectivity index (χ4v) is 3.25. The molecular formula is C19H17F2N3O4. The van der Waals surface area contributed by atoms with Gasteiger partial charge >= 0.3 is 6.29 Å². The maximum absolute atomic E-state index is 13.0. The van der Waals surface area contributed by atoms with Crippen molar-refractivity contribution in [2.45, 2.75) is 19.6 Å². The van der Waals surface area contributed by atoms with E-state index in [-0.39, 0.29) is 29.9 Å². The zero-order chi connectivity index (χ0) is 19.9. The van der Waals surface area contributed by atoms with Crippen LogP contribution in [0.5, 0.6) is 11.5 Å². The molecule has 2 N–H and O–H groups in total. The monoisotopic (exact) mass is 389 g/mol. The van der Waals surface area contributed by atoms with Crippen molar-refractivity contribution in [3.05, 3.63) is 42.0 Å². The number of carbonyl (C=O) groups excluding carboxylic acids is 2. The minimum absolute atomic E-state index is 0.0128. The highest BCUT2D eigenvalue weighted by atomic mass is 19.3. The number of anilines is 3. The summed E-state index contributed by atoms with van der Waals surface area (Å²) < 4.78 is 34.8. The van der Waals surface area contributed by atoms with Gasteiger partial charge in [-0.05, 0) is 42.3 Å². The van der Waals surface area contributed by atoms with Gasteiger partial charge in [0.05, 0.1) is 6.54 Å². The van der Waals surface area contributed by atoms with Gasteiger partial charge in [-0.1, -0.05) is 0 Å². The summed E-state index contributed by atoms with van der Waals surface area (Å²) in [6.45, 7) is 2.09. The van der Waals surface area contributed by atoms with Gasteiger partial charge in [-0.3, -0.25) is 9.59 Å². The quantitative estimate of drug-likeness (QED) is 0.841. The number of amides is 2. The summed E-state index contributed by atoms with van der Waals surface area (Å²) in [6.07, 6.45) is -2.94. The van der Waals surface area contributed by atoms with Crippen LogP contribution in [0, 0.1) is 0 Å². The number of hydrogen-bond acceptors (Lipinski definition) is 5. The summed E-state index contributed by atoms with van der Waals surface area (Å²) >= 11 is 0. The summed E-state index contributed by atoms with van der Waals surface area (Å²) in [4.78, 5) is 25.5. The molecule has 0 spiro atoms. The first kappa shape index (κ1) is 18.0. The van der Waals surface area contributed by atoms with E-state index in [2.05, 4.69) is 20.1 Å². The van der Waals surface area contributed by atoms with Crippen molar-refractivity contribution in [2.75, 3.05) is 28.6 Å². The first-order valence-corrected chi connectivity index (χ1v) is 8.65. The topological polar surface area (TPSA) is 79.9 Å². The van der Waals surface area contributed by atoms with Crippen molar-refractivity contribution in [2.24, 2.45) is 0 Å². The van der Waals surface area contributed by atoms with E-state index in [9.17, 15) is 18.4 Å². The summed E-state index contributed by atoms with van der Waals surface area (Å²) in [5.74, 6) is -0.465. The van der Waals surface area contributed by atoms with Crippen LogP contribution in [-0.2, 0) is 16.0 Å². The number of rotatable bonds is 4. The van der Waals surface area contributed by atoms with Crippen molar-refractivity contribution < 1.29 is 27.8 Å². The lowest BCUT2D eigenvalue weighted by Crippen LogP contribution is -2.26. The minimum Gasteiger partial charge on any atom is -0.395 e. The van der Waals surface area contributed by atoms with Crippen molar-refractivity contribution in [1.82, 2.24) is 0 Å². The third-order valence-corrected chi connectivity index (χ3v) is 4.49. The Bertz CT molecular complexity index is 964. The highest BCUT2D eigenvalue weighted by Crippen LogP contribution is 2.42. The van der Waals surface area contributed by atoms with Gasteiger partial charge in [0.1, 0.15) is 0 Å². The summed E-state index contributed by atoms with van der Waals surface area (Å²) in [7, 11) is 0. The standard InChI is InChI=1S/C19H17F2N3O4/c1-11(25)24-7-6-12-8-14(2-4-15(12)24)23-18(26)10-22-13-3-5-16-17(9-13)28-19(20,21)27-16/h2-5,8-9,22H,6-7,10H2,1H3,(H,23,26). The van der Waals surface area contributed by atoms with E-state index in [1.165, 1.54) is 25.1 Å². The number of nitrogens with zero attached hydrogens (tertiary/aromatic N) is 1. The Morgan fingerprint density at radius 3 is 2.64 bits per heavy atom. The highest BCUT2D eigenvalue weighted by molar-refractivity contribution is 5.96. The van der Waals surface area contributed by atoms with Gasteiger partial charge in [-0.15, -0.1) is 8.78 Å². The normalized spacial score (nSPS) is 15.9. The summed E-state index contributed by atoms with van der Waals surface area (Å²) in [5, 5.41) is 5.62. The summed E-state index contributed by atoms with van der Waals surface area (Å²) in [6, 6.07) is 9.60. The van der Waals surface area contributed by atoms with E-state index in [4.69, 9.17) is 0 Å². The van der Waals surface area contributed by atoms with E-state index in [1.54, 1.807) is 11.0 Å². The fraction of sp³-hybridized carbons (Fsp3) is 0.263. The predicted molar refractivity (Wildman–Crippen MR) is 97.9 cm³/mol. The van der Waals surface area contributed by atoms with Gasteiger partial charge in [-0.25, -0.2) is 0 Å². The van der Waals surface area contributed by atoms with E-state index in [0.29, 0.717) is 17.9 Å². The molecule has 0 aromatic heterocycles. The molecule has 2 aromatic carbocycles. The van der Waals surface area contributed by atoms with E-state index in [0.717, 1.165) is 17.7 Å². The average molecular weight is 389 g/mol. The van der Waals surface area contributed by atoms with E-state index >= 15 is 0 Å². The zero-order valence-electron chi connectivity index (χ0n) is 14.9. The van der Waals surface area contributed by atoms with Gasteiger partial charge in [0.2, 0.25) is 11.8 Å². The number of alkyl halides is 2. The Balaban J connectivity index is 1.35. The largest absolute Gasteiger partial charge is 0.586 e. The molecular weight excluding hydrogens is 372 g/mol. The number of hydrogen-bond donors (Lipinski definition) is 2. The molecule has 2 aromatic rings. The van der Waals surface area contributed by atoms with Crippen molar-refractivity contribution >= 4 is 28.9 Å². The molecule has 2 amide bonds. The third-order valence-electron chi connectivity index (χ3n) is 4.49. The van der Waals surface area contributed by atoms with Crippen LogP contribution in [0.2, 0.25) is 0 Å². The summed E-state index contributed by atoms with van der Waals surface area (Å²) in [5.41, 5.74) is 2.93. The van der Waals surface area contributed by atoms with Crippen molar-refractivity contribution in [3.8, 4) is 11.5 Å². The molecule has 9 heteroatoms. The van der Waals surface area contributed by atoms with Gasteiger partial charge in [0, 0.05) is 36.6 Å². The molecule has 0 bridgehead atoms. The Hall–Kier alpha value is -3.36. The Morgan fingerprint density at radius 2 is 1.86 bits per heavy atom.